The Bertz CT molecular complexity index is 835. The highest BCUT2D eigenvalue weighted by molar-refractivity contribution is 14.0. The number of rotatable bonds is 5. The second-order valence-corrected chi connectivity index (χ2v) is 6.82. The van der Waals surface area contributed by atoms with Gasteiger partial charge in [0.1, 0.15) is 5.82 Å². The predicted molar refractivity (Wildman–Crippen MR) is 126 cm³/mol. The van der Waals surface area contributed by atoms with Crippen LogP contribution in [0.4, 0.5) is 10.1 Å². The fourth-order valence-corrected chi connectivity index (χ4v) is 3.17. The fourth-order valence-electron chi connectivity index (χ4n) is 3.17. The lowest BCUT2D eigenvalue weighted by Gasteiger charge is -2.36. The van der Waals surface area contributed by atoms with E-state index in [1.54, 1.807) is 18.2 Å². The molecule has 1 fully saturated rings. The number of aliphatic imine (C=N–C) groups is 1. The second kappa shape index (κ2) is 11.0. The van der Waals surface area contributed by atoms with Gasteiger partial charge < -0.3 is 20.9 Å². The molecule has 29 heavy (non-hydrogen) atoms. The van der Waals surface area contributed by atoms with Crippen LogP contribution in [0.15, 0.2) is 53.5 Å². The van der Waals surface area contributed by atoms with Crippen LogP contribution in [0.5, 0.6) is 0 Å². The summed E-state index contributed by atoms with van der Waals surface area (Å²) in [6, 6.07) is 14.0. The van der Waals surface area contributed by atoms with Crippen LogP contribution in [0.2, 0.25) is 0 Å². The average Bonchev–Trinajstić information content (AvgIpc) is 2.71. The molecule has 1 heterocycles. The number of halogens is 2. The molecule has 0 aliphatic carbocycles. The lowest BCUT2D eigenvalue weighted by atomic mass is 10.1. The number of piperazine rings is 1. The number of guanidine groups is 1. The fraction of sp³-hybridized carbons (Fsp3) is 0.333. The molecule has 1 aliphatic rings. The summed E-state index contributed by atoms with van der Waals surface area (Å²) in [6.45, 7) is 5.92. The Kier molecular flexibility index (Phi) is 8.69. The zero-order chi connectivity index (χ0) is 19.9. The minimum absolute atomic E-state index is 0. The molecule has 0 aromatic heterocycles. The number of carbonyl (C=O) groups excluding carboxylic acids is 1. The quantitative estimate of drug-likeness (QED) is 0.280. The SMILES string of the molecule is Cc1cccc(C(=O)NCCN=C(N)N2CCN(c3ccc(F)cc3)CC2)c1.I. The van der Waals surface area contributed by atoms with Crippen LogP contribution >= 0.6 is 24.0 Å². The van der Waals surface area contributed by atoms with Gasteiger partial charge in [-0.15, -0.1) is 24.0 Å². The van der Waals surface area contributed by atoms with Crippen molar-refractivity contribution in [1.82, 2.24) is 10.2 Å². The number of nitrogens with one attached hydrogen (secondary N) is 1. The second-order valence-electron chi connectivity index (χ2n) is 6.82. The van der Waals surface area contributed by atoms with E-state index in [1.165, 1.54) is 12.1 Å². The first kappa shape index (κ1) is 22.9. The van der Waals surface area contributed by atoms with Crippen LogP contribution in [-0.4, -0.2) is 56.0 Å². The maximum absolute atomic E-state index is 13.0. The summed E-state index contributed by atoms with van der Waals surface area (Å²) in [4.78, 5) is 20.7. The van der Waals surface area contributed by atoms with Crippen LogP contribution in [0.25, 0.3) is 0 Å². The summed E-state index contributed by atoms with van der Waals surface area (Å²) in [7, 11) is 0. The summed E-state index contributed by atoms with van der Waals surface area (Å²) in [5.74, 6) is 0.155. The van der Waals surface area contributed by atoms with Crippen LogP contribution in [0.1, 0.15) is 15.9 Å². The average molecular weight is 511 g/mol. The van der Waals surface area contributed by atoms with E-state index in [-0.39, 0.29) is 35.7 Å². The van der Waals surface area contributed by atoms with Crippen molar-refractivity contribution in [2.75, 3.05) is 44.2 Å². The molecule has 8 heteroatoms. The predicted octanol–water partition coefficient (Wildman–Crippen LogP) is 2.62. The Hall–Kier alpha value is -2.36. The third kappa shape index (κ3) is 6.59. The molecule has 2 aromatic rings. The van der Waals surface area contributed by atoms with Gasteiger partial charge in [-0.3, -0.25) is 9.79 Å². The number of anilines is 1. The Morgan fingerprint density at radius 1 is 1.14 bits per heavy atom. The summed E-state index contributed by atoms with van der Waals surface area (Å²) in [6.07, 6.45) is 0. The molecule has 1 amide bonds. The van der Waals surface area contributed by atoms with Crippen molar-refractivity contribution in [3.8, 4) is 0 Å². The monoisotopic (exact) mass is 511 g/mol. The highest BCUT2D eigenvalue weighted by Crippen LogP contribution is 2.16. The normalized spacial score (nSPS) is 14.3. The smallest absolute Gasteiger partial charge is 0.251 e. The van der Waals surface area contributed by atoms with Crippen LogP contribution in [0, 0.1) is 12.7 Å². The molecule has 3 N–H and O–H groups in total. The van der Waals surface area contributed by atoms with Gasteiger partial charge in [0.05, 0.1) is 6.54 Å². The third-order valence-corrected chi connectivity index (χ3v) is 4.75. The Morgan fingerprint density at radius 2 is 1.83 bits per heavy atom. The number of aryl methyl sites for hydroxylation is 1. The summed E-state index contributed by atoms with van der Waals surface area (Å²) in [5, 5.41) is 2.86. The minimum Gasteiger partial charge on any atom is -0.370 e. The molecular weight excluding hydrogens is 484 g/mol. The van der Waals surface area contributed by atoms with E-state index in [0.717, 1.165) is 37.4 Å². The van der Waals surface area contributed by atoms with Crippen molar-refractivity contribution in [3.63, 3.8) is 0 Å². The van der Waals surface area contributed by atoms with E-state index >= 15 is 0 Å². The molecule has 6 nitrogen and oxygen atoms in total. The summed E-state index contributed by atoms with van der Waals surface area (Å²) in [5.41, 5.74) is 8.80. The topological polar surface area (TPSA) is 74.0 Å². The highest BCUT2D eigenvalue weighted by Gasteiger charge is 2.18. The molecule has 3 rings (SSSR count). The number of benzene rings is 2. The van der Waals surface area contributed by atoms with E-state index in [4.69, 9.17) is 5.73 Å². The molecule has 0 unspecified atom stereocenters. The number of carbonyl (C=O) groups is 1. The van der Waals surface area contributed by atoms with Crippen LogP contribution < -0.4 is 16.0 Å². The molecule has 156 valence electrons. The van der Waals surface area contributed by atoms with Gasteiger partial charge in [0, 0.05) is 44.0 Å². The van der Waals surface area contributed by atoms with Crippen molar-refractivity contribution < 1.29 is 9.18 Å². The van der Waals surface area contributed by atoms with Gasteiger partial charge in [0.25, 0.3) is 5.91 Å². The lowest BCUT2D eigenvalue weighted by Crippen LogP contribution is -2.51. The molecule has 1 saturated heterocycles. The van der Waals surface area contributed by atoms with Gasteiger partial charge in [0.15, 0.2) is 5.96 Å². The minimum atomic E-state index is -0.228. The molecule has 0 spiro atoms. The van der Waals surface area contributed by atoms with Gasteiger partial charge in [0.2, 0.25) is 0 Å². The number of hydrogen-bond acceptors (Lipinski definition) is 3. The lowest BCUT2D eigenvalue weighted by molar-refractivity contribution is 0.0954. The first-order valence-corrected chi connectivity index (χ1v) is 9.43. The van der Waals surface area contributed by atoms with Crippen molar-refractivity contribution in [2.45, 2.75) is 6.92 Å². The molecule has 0 bridgehead atoms. The standard InChI is InChI=1S/C21H26FN5O.HI/c1-16-3-2-4-17(15-16)20(28)24-9-10-25-21(23)27-13-11-26(12-14-27)19-7-5-18(22)6-8-19;/h2-8,15H,9-14H2,1H3,(H2,23,25)(H,24,28);1H. The largest absolute Gasteiger partial charge is 0.370 e. The molecule has 1 aliphatic heterocycles. The van der Waals surface area contributed by atoms with Gasteiger partial charge in [-0.05, 0) is 43.3 Å². The Labute approximate surface area is 188 Å². The van der Waals surface area contributed by atoms with E-state index in [0.29, 0.717) is 24.6 Å². The Morgan fingerprint density at radius 3 is 2.48 bits per heavy atom. The van der Waals surface area contributed by atoms with Crippen molar-refractivity contribution in [1.29, 1.82) is 0 Å². The maximum atomic E-state index is 13.0. The number of amides is 1. The summed E-state index contributed by atoms with van der Waals surface area (Å²) < 4.78 is 13.0. The molecule has 0 saturated carbocycles. The zero-order valence-electron chi connectivity index (χ0n) is 16.5. The molecule has 0 atom stereocenters. The third-order valence-electron chi connectivity index (χ3n) is 4.75. The maximum Gasteiger partial charge on any atom is 0.251 e. The molecular formula is C21H27FIN5O. The van der Waals surface area contributed by atoms with Crippen molar-refractivity contribution in [2.24, 2.45) is 10.7 Å². The molecule has 2 aromatic carbocycles. The Balaban J connectivity index is 0.00000300. The first-order chi connectivity index (χ1) is 13.5. The van der Waals surface area contributed by atoms with Gasteiger partial charge >= 0.3 is 0 Å². The van der Waals surface area contributed by atoms with Crippen LogP contribution in [0.3, 0.4) is 0 Å². The summed E-state index contributed by atoms with van der Waals surface area (Å²) >= 11 is 0. The van der Waals surface area contributed by atoms with E-state index < -0.39 is 0 Å². The van der Waals surface area contributed by atoms with E-state index in [9.17, 15) is 9.18 Å². The highest BCUT2D eigenvalue weighted by atomic mass is 127. The number of nitrogens with zero attached hydrogens (tertiary/aromatic N) is 3. The van der Waals surface area contributed by atoms with Gasteiger partial charge in [-0.2, -0.15) is 0 Å². The molecule has 0 radical (unpaired) electrons. The van der Waals surface area contributed by atoms with Crippen molar-refractivity contribution >= 4 is 41.5 Å². The zero-order valence-corrected chi connectivity index (χ0v) is 18.8. The number of hydrogen-bond donors (Lipinski definition) is 2. The van der Waals surface area contributed by atoms with Crippen LogP contribution in [-0.2, 0) is 0 Å². The first-order valence-electron chi connectivity index (χ1n) is 9.43. The van der Waals surface area contributed by atoms with E-state index in [1.807, 2.05) is 30.0 Å². The number of nitrogens with two attached hydrogens (primary N) is 1. The van der Waals surface area contributed by atoms with Crippen molar-refractivity contribution in [3.05, 3.63) is 65.5 Å². The van der Waals surface area contributed by atoms with E-state index in [2.05, 4.69) is 15.2 Å². The van der Waals surface area contributed by atoms with Gasteiger partial charge in [-0.1, -0.05) is 17.7 Å². The van der Waals surface area contributed by atoms with Gasteiger partial charge in [-0.25, -0.2) is 4.39 Å².